The highest BCUT2D eigenvalue weighted by Crippen LogP contribution is 2.16. The van der Waals surface area contributed by atoms with Gasteiger partial charge >= 0.3 is 0 Å². The van der Waals surface area contributed by atoms with Crippen LogP contribution in [0.25, 0.3) is 0 Å². The molecule has 1 aromatic carbocycles. The lowest BCUT2D eigenvalue weighted by Crippen LogP contribution is -2.45. The van der Waals surface area contributed by atoms with Gasteiger partial charge in [0.05, 0.1) is 11.6 Å². The van der Waals surface area contributed by atoms with Crippen LogP contribution in [-0.4, -0.2) is 17.7 Å². The quantitative estimate of drug-likeness (QED) is 0.597. The van der Waals surface area contributed by atoms with Gasteiger partial charge in [-0.2, -0.15) is 5.26 Å². The molecule has 6 heteroatoms. The molecule has 1 saturated heterocycles. The summed E-state index contributed by atoms with van der Waals surface area (Å²) in [6.07, 6.45) is 0.358. The van der Waals surface area contributed by atoms with E-state index in [4.69, 9.17) is 5.26 Å². The lowest BCUT2D eigenvalue weighted by Gasteiger charge is -2.20. The number of piperidine rings is 1. The zero-order chi connectivity index (χ0) is 13.8. The van der Waals surface area contributed by atoms with Crippen molar-refractivity contribution in [3.05, 3.63) is 29.8 Å². The first-order chi connectivity index (χ1) is 9.10. The molecular weight excluding hydrogens is 246 g/mol. The Labute approximate surface area is 109 Å². The Hall–Kier alpha value is -2.68. The van der Waals surface area contributed by atoms with Crippen LogP contribution >= 0.6 is 0 Å². The van der Waals surface area contributed by atoms with E-state index in [0.29, 0.717) is 11.3 Å². The standard InChI is InChI=1S/C13H11N3O3/c14-7-8-2-1-3-9(6-8)15-12(18)10-4-5-11(17)16-13(10)19/h1-3,6,10H,4-5H2,(H,15,18)(H,16,17,19). The van der Waals surface area contributed by atoms with Crippen molar-refractivity contribution in [2.45, 2.75) is 12.8 Å². The fourth-order valence-corrected chi connectivity index (χ4v) is 1.84. The van der Waals surface area contributed by atoms with Crippen LogP contribution in [-0.2, 0) is 14.4 Å². The molecule has 1 aromatic rings. The van der Waals surface area contributed by atoms with Gasteiger partial charge in [0.15, 0.2) is 0 Å². The van der Waals surface area contributed by atoms with Gasteiger partial charge in [-0.05, 0) is 24.6 Å². The zero-order valence-corrected chi connectivity index (χ0v) is 9.97. The number of nitriles is 1. The number of hydrogen-bond acceptors (Lipinski definition) is 4. The first-order valence-electron chi connectivity index (χ1n) is 5.75. The monoisotopic (exact) mass is 257 g/mol. The largest absolute Gasteiger partial charge is 0.325 e. The van der Waals surface area contributed by atoms with E-state index in [1.54, 1.807) is 18.2 Å². The number of carbonyl (C=O) groups excluding carboxylic acids is 3. The Morgan fingerprint density at radius 2 is 2.21 bits per heavy atom. The Balaban J connectivity index is 2.07. The molecule has 1 aliphatic heterocycles. The lowest BCUT2D eigenvalue weighted by atomic mass is 9.97. The molecular formula is C13H11N3O3. The van der Waals surface area contributed by atoms with Crippen molar-refractivity contribution in [3.63, 3.8) is 0 Å². The van der Waals surface area contributed by atoms with Gasteiger partial charge in [0, 0.05) is 12.1 Å². The molecule has 2 N–H and O–H groups in total. The van der Waals surface area contributed by atoms with E-state index in [2.05, 4.69) is 10.6 Å². The first-order valence-corrected chi connectivity index (χ1v) is 5.75. The van der Waals surface area contributed by atoms with Crippen LogP contribution in [0, 0.1) is 17.2 Å². The molecule has 1 fully saturated rings. The molecule has 96 valence electrons. The third kappa shape index (κ3) is 2.96. The summed E-state index contributed by atoms with van der Waals surface area (Å²) in [6.45, 7) is 0. The first kappa shape index (κ1) is 12.8. The molecule has 3 amide bonds. The number of benzene rings is 1. The molecule has 0 aliphatic carbocycles. The lowest BCUT2D eigenvalue weighted by molar-refractivity contribution is -0.139. The van der Waals surface area contributed by atoms with E-state index in [1.807, 2.05) is 6.07 Å². The summed E-state index contributed by atoms with van der Waals surface area (Å²) in [5.74, 6) is -2.28. The number of carbonyl (C=O) groups is 3. The van der Waals surface area contributed by atoms with E-state index in [-0.39, 0.29) is 18.7 Å². The SMILES string of the molecule is N#Cc1cccc(NC(=O)C2CCC(=O)NC2=O)c1. The van der Waals surface area contributed by atoms with Gasteiger partial charge in [-0.1, -0.05) is 6.07 Å². The Morgan fingerprint density at radius 3 is 2.89 bits per heavy atom. The second-order valence-electron chi connectivity index (χ2n) is 4.19. The molecule has 0 saturated carbocycles. The van der Waals surface area contributed by atoms with Crippen LogP contribution in [0.1, 0.15) is 18.4 Å². The number of amides is 3. The predicted octanol–water partition coefficient (Wildman–Crippen LogP) is 0.550. The van der Waals surface area contributed by atoms with Gasteiger partial charge in [0.2, 0.25) is 17.7 Å². The molecule has 0 bridgehead atoms. The van der Waals surface area contributed by atoms with Crippen molar-refractivity contribution < 1.29 is 14.4 Å². The van der Waals surface area contributed by atoms with Crippen LogP contribution in [0.3, 0.4) is 0 Å². The average Bonchev–Trinajstić information content (AvgIpc) is 2.38. The summed E-state index contributed by atoms with van der Waals surface area (Å²) in [5, 5.41) is 13.4. The zero-order valence-electron chi connectivity index (χ0n) is 9.97. The molecule has 1 unspecified atom stereocenters. The number of nitrogens with zero attached hydrogens (tertiary/aromatic N) is 1. The number of anilines is 1. The molecule has 1 atom stereocenters. The van der Waals surface area contributed by atoms with Crippen LogP contribution in [0.5, 0.6) is 0 Å². The summed E-state index contributed by atoms with van der Waals surface area (Å²) < 4.78 is 0. The van der Waals surface area contributed by atoms with Crippen LogP contribution in [0.15, 0.2) is 24.3 Å². The maximum absolute atomic E-state index is 11.9. The fourth-order valence-electron chi connectivity index (χ4n) is 1.84. The highest BCUT2D eigenvalue weighted by molar-refractivity contribution is 6.12. The maximum Gasteiger partial charge on any atom is 0.239 e. The minimum absolute atomic E-state index is 0.155. The average molecular weight is 257 g/mol. The smallest absolute Gasteiger partial charge is 0.239 e. The van der Waals surface area contributed by atoms with E-state index in [1.165, 1.54) is 6.07 Å². The second kappa shape index (κ2) is 5.31. The molecule has 1 heterocycles. The van der Waals surface area contributed by atoms with Gasteiger partial charge in [0.1, 0.15) is 5.92 Å². The Kier molecular flexibility index (Phi) is 3.57. The van der Waals surface area contributed by atoms with Crippen molar-refractivity contribution in [2.24, 2.45) is 5.92 Å². The van der Waals surface area contributed by atoms with Crippen molar-refractivity contribution in [1.82, 2.24) is 5.32 Å². The summed E-state index contributed by atoms with van der Waals surface area (Å²) in [4.78, 5) is 34.4. The Morgan fingerprint density at radius 1 is 1.42 bits per heavy atom. The van der Waals surface area contributed by atoms with Gasteiger partial charge < -0.3 is 5.32 Å². The molecule has 0 spiro atoms. The van der Waals surface area contributed by atoms with Crippen molar-refractivity contribution in [1.29, 1.82) is 5.26 Å². The maximum atomic E-state index is 11.9. The van der Waals surface area contributed by atoms with E-state index in [9.17, 15) is 14.4 Å². The van der Waals surface area contributed by atoms with Gasteiger partial charge in [-0.15, -0.1) is 0 Å². The summed E-state index contributed by atoms with van der Waals surface area (Å²) in [6, 6.07) is 8.36. The molecule has 19 heavy (non-hydrogen) atoms. The number of imide groups is 1. The molecule has 6 nitrogen and oxygen atoms in total. The molecule has 0 aromatic heterocycles. The number of nitrogens with one attached hydrogen (secondary N) is 2. The normalized spacial score (nSPS) is 18.4. The third-order valence-electron chi connectivity index (χ3n) is 2.81. The molecule has 1 aliphatic rings. The fraction of sp³-hybridized carbons (Fsp3) is 0.231. The van der Waals surface area contributed by atoms with Crippen molar-refractivity contribution >= 4 is 23.4 Å². The molecule has 2 rings (SSSR count). The van der Waals surface area contributed by atoms with Crippen molar-refractivity contribution in [3.8, 4) is 6.07 Å². The van der Waals surface area contributed by atoms with E-state index in [0.717, 1.165) is 0 Å². The second-order valence-corrected chi connectivity index (χ2v) is 4.19. The number of rotatable bonds is 2. The van der Waals surface area contributed by atoms with Crippen LogP contribution in [0.4, 0.5) is 5.69 Å². The Bertz CT molecular complexity index is 589. The third-order valence-corrected chi connectivity index (χ3v) is 2.81. The summed E-state index contributed by atoms with van der Waals surface area (Å²) in [5.41, 5.74) is 0.870. The van der Waals surface area contributed by atoms with E-state index >= 15 is 0 Å². The van der Waals surface area contributed by atoms with Crippen molar-refractivity contribution in [2.75, 3.05) is 5.32 Å². The van der Waals surface area contributed by atoms with Gasteiger partial charge in [-0.3, -0.25) is 19.7 Å². The van der Waals surface area contributed by atoms with Crippen LogP contribution < -0.4 is 10.6 Å². The highest BCUT2D eigenvalue weighted by Gasteiger charge is 2.32. The van der Waals surface area contributed by atoms with E-state index < -0.39 is 17.7 Å². The van der Waals surface area contributed by atoms with Crippen LogP contribution in [0.2, 0.25) is 0 Å². The van der Waals surface area contributed by atoms with Gasteiger partial charge in [0.25, 0.3) is 0 Å². The number of hydrogen-bond donors (Lipinski definition) is 2. The summed E-state index contributed by atoms with van der Waals surface area (Å²) in [7, 11) is 0. The summed E-state index contributed by atoms with van der Waals surface area (Å²) >= 11 is 0. The minimum Gasteiger partial charge on any atom is -0.325 e. The molecule has 0 radical (unpaired) electrons. The minimum atomic E-state index is -0.872. The topological polar surface area (TPSA) is 99.1 Å². The highest BCUT2D eigenvalue weighted by atomic mass is 16.2. The van der Waals surface area contributed by atoms with Gasteiger partial charge in [-0.25, -0.2) is 0 Å². The predicted molar refractivity (Wildman–Crippen MR) is 65.7 cm³/mol.